The van der Waals surface area contributed by atoms with Crippen LogP contribution in [0.15, 0.2) is 72.8 Å². The number of carbonyl (C=O) groups is 4. The van der Waals surface area contributed by atoms with Gasteiger partial charge in [0.15, 0.2) is 23.3 Å². The van der Waals surface area contributed by atoms with Crippen LogP contribution in [0.3, 0.4) is 0 Å². The number of hydrogen-bond acceptors (Lipinski definition) is 10. The molecule has 3 aliphatic rings. The molecule has 3 aliphatic heterocycles. The largest absolute Gasteiger partial charge is 0.465 e. The van der Waals surface area contributed by atoms with Gasteiger partial charge in [-0.25, -0.2) is 9.59 Å². The minimum Gasteiger partial charge on any atom is -0.465 e. The maximum atomic E-state index is 13.7. The van der Waals surface area contributed by atoms with Crippen molar-refractivity contribution in [2.24, 2.45) is 11.8 Å². The summed E-state index contributed by atoms with van der Waals surface area (Å²) in [5.41, 5.74) is 6.55. The Balaban J connectivity index is 1.00. The first-order valence-electron chi connectivity index (χ1n) is 23.9. The molecule has 68 heavy (non-hydrogen) atoms. The highest BCUT2D eigenvalue weighted by Crippen LogP contribution is 2.48. The molecular formula is C51H65N11O6. The lowest BCUT2D eigenvalue weighted by molar-refractivity contribution is -0.136. The van der Waals surface area contributed by atoms with Gasteiger partial charge in [0.05, 0.1) is 31.3 Å². The van der Waals surface area contributed by atoms with Gasteiger partial charge >= 0.3 is 12.2 Å². The molecule has 0 bridgehead atoms. The molecule has 0 radical (unpaired) electrons. The van der Waals surface area contributed by atoms with E-state index in [0.717, 1.165) is 48.9 Å². The second kappa shape index (κ2) is 19.8. The van der Waals surface area contributed by atoms with E-state index in [9.17, 15) is 24.3 Å². The number of likely N-dealkylation sites (tertiary alicyclic amines) is 2. The van der Waals surface area contributed by atoms with Gasteiger partial charge in [0.25, 0.3) is 0 Å². The topological polar surface area (TPSA) is 215 Å². The van der Waals surface area contributed by atoms with Crippen molar-refractivity contribution in [1.82, 2.24) is 50.8 Å². The molecule has 0 aliphatic carbocycles. The number of benzene rings is 3. The van der Waals surface area contributed by atoms with Crippen LogP contribution >= 0.6 is 0 Å². The van der Waals surface area contributed by atoms with Crippen LogP contribution in [0.1, 0.15) is 139 Å². The average molecular weight is 928 g/mol. The fourth-order valence-corrected chi connectivity index (χ4v) is 10.1. The van der Waals surface area contributed by atoms with E-state index in [-0.39, 0.29) is 53.2 Å². The monoisotopic (exact) mass is 928 g/mol. The lowest BCUT2D eigenvalue weighted by atomic mass is 9.87. The number of H-pyrrole nitrogens is 2. The van der Waals surface area contributed by atoms with E-state index in [1.807, 2.05) is 27.7 Å². The SMILES string of the molecule is COC(=O)N[C@H](C(=O)N1CCC[C@H]1c1nnc(-c2ccc([C@@H]3CC[C@H](c4ccc(-c5nnc([C@@H]6CCCN6C(=O)[C@@H](NC(=O)O)C(C)C)[nH]5)cc4)N3c3ccc(C(C)(C)C)cc3)cc2)[nH]1)C(C)C. The van der Waals surface area contributed by atoms with Gasteiger partial charge in [-0.1, -0.05) is 109 Å². The predicted molar refractivity (Wildman–Crippen MR) is 257 cm³/mol. The van der Waals surface area contributed by atoms with Gasteiger partial charge in [0, 0.05) is 29.9 Å². The Morgan fingerprint density at radius 2 is 1.07 bits per heavy atom. The van der Waals surface area contributed by atoms with E-state index >= 15 is 0 Å². The Morgan fingerprint density at radius 3 is 1.47 bits per heavy atom. The number of amides is 4. The highest BCUT2D eigenvalue weighted by atomic mass is 16.5. The molecule has 3 fully saturated rings. The molecule has 5 N–H and O–H groups in total. The Hall–Kier alpha value is -6.78. The number of ether oxygens (including phenoxy) is 1. The molecule has 0 saturated carbocycles. The van der Waals surface area contributed by atoms with Crippen molar-refractivity contribution in [3.05, 3.63) is 101 Å². The minimum atomic E-state index is -1.22. The summed E-state index contributed by atoms with van der Waals surface area (Å²) in [4.78, 5) is 63.7. The van der Waals surface area contributed by atoms with E-state index in [0.29, 0.717) is 42.8 Å². The Bertz CT molecular complexity index is 2570. The number of rotatable bonds is 13. The molecule has 3 saturated heterocycles. The van der Waals surface area contributed by atoms with Gasteiger partial charge in [0.1, 0.15) is 12.1 Å². The number of carboxylic acid groups (broad SMARTS) is 1. The van der Waals surface area contributed by atoms with Gasteiger partial charge in [-0.05, 0) is 84.6 Å². The van der Waals surface area contributed by atoms with Crippen molar-refractivity contribution in [2.45, 2.75) is 129 Å². The van der Waals surface area contributed by atoms with E-state index in [4.69, 9.17) is 4.74 Å². The minimum absolute atomic E-state index is 0.0125. The third-order valence-electron chi connectivity index (χ3n) is 13.9. The van der Waals surface area contributed by atoms with Gasteiger partial charge in [-0.3, -0.25) is 9.59 Å². The highest BCUT2D eigenvalue weighted by Gasteiger charge is 2.40. The van der Waals surface area contributed by atoms with Crippen molar-refractivity contribution in [1.29, 1.82) is 0 Å². The van der Waals surface area contributed by atoms with Gasteiger partial charge in [0.2, 0.25) is 11.8 Å². The van der Waals surface area contributed by atoms with Crippen LogP contribution in [0, 0.1) is 11.8 Å². The summed E-state index contributed by atoms with van der Waals surface area (Å²) < 4.78 is 4.79. The summed E-state index contributed by atoms with van der Waals surface area (Å²) in [5.74, 6) is 1.67. The zero-order chi connectivity index (χ0) is 48.4. The van der Waals surface area contributed by atoms with Crippen molar-refractivity contribution < 1.29 is 29.0 Å². The summed E-state index contributed by atoms with van der Waals surface area (Å²) in [6, 6.07) is 24.0. The van der Waals surface area contributed by atoms with E-state index < -0.39 is 24.3 Å². The molecule has 5 heterocycles. The third kappa shape index (κ3) is 9.92. The number of alkyl carbamates (subject to hydrolysis) is 1. The number of methoxy groups -OCH3 is 1. The first kappa shape index (κ1) is 47.7. The Labute approximate surface area is 397 Å². The lowest BCUT2D eigenvalue weighted by Gasteiger charge is -2.34. The highest BCUT2D eigenvalue weighted by molar-refractivity contribution is 5.87. The zero-order valence-corrected chi connectivity index (χ0v) is 40.3. The second-order valence-electron chi connectivity index (χ2n) is 20.1. The van der Waals surface area contributed by atoms with Crippen LogP contribution in [0.5, 0.6) is 0 Å². The maximum absolute atomic E-state index is 13.7. The van der Waals surface area contributed by atoms with Crippen molar-refractivity contribution in [2.75, 3.05) is 25.1 Å². The summed E-state index contributed by atoms with van der Waals surface area (Å²) in [7, 11) is 1.29. The number of hydrogen-bond donors (Lipinski definition) is 5. The van der Waals surface area contributed by atoms with Crippen molar-refractivity contribution in [3.8, 4) is 22.8 Å². The van der Waals surface area contributed by atoms with Gasteiger partial charge in [-0.15, -0.1) is 20.4 Å². The molecule has 0 spiro atoms. The molecule has 6 atom stereocenters. The van der Waals surface area contributed by atoms with Crippen molar-refractivity contribution >= 4 is 29.7 Å². The molecule has 17 nitrogen and oxygen atoms in total. The summed E-state index contributed by atoms with van der Waals surface area (Å²) in [5, 5.41) is 32.5. The van der Waals surface area contributed by atoms with Crippen LogP contribution in [-0.4, -0.2) is 102 Å². The van der Waals surface area contributed by atoms with E-state index in [1.165, 1.54) is 23.8 Å². The quantitative estimate of drug-likeness (QED) is 0.0753. The first-order valence-corrected chi connectivity index (χ1v) is 23.9. The number of aromatic amines is 2. The Kier molecular flexibility index (Phi) is 13.9. The maximum Gasteiger partial charge on any atom is 0.407 e. The molecule has 4 amide bonds. The molecule has 0 unspecified atom stereocenters. The van der Waals surface area contributed by atoms with E-state index in [1.54, 1.807) is 9.80 Å². The normalized spacial score (nSPS) is 20.5. The summed E-state index contributed by atoms with van der Waals surface area (Å²) >= 11 is 0. The fourth-order valence-electron chi connectivity index (χ4n) is 10.1. The molecule has 17 heteroatoms. The predicted octanol–water partition coefficient (Wildman–Crippen LogP) is 8.64. The van der Waals surface area contributed by atoms with Crippen LogP contribution in [0.2, 0.25) is 0 Å². The van der Waals surface area contributed by atoms with Crippen LogP contribution in [0.25, 0.3) is 22.8 Å². The first-order chi connectivity index (χ1) is 32.5. The number of nitrogens with zero attached hydrogens (tertiary/aromatic N) is 7. The van der Waals surface area contributed by atoms with Gasteiger partial charge < -0.3 is 45.1 Å². The third-order valence-corrected chi connectivity index (χ3v) is 13.9. The van der Waals surface area contributed by atoms with Crippen LogP contribution in [0.4, 0.5) is 15.3 Å². The lowest BCUT2D eigenvalue weighted by Crippen LogP contribution is -2.51. The fraction of sp³-hybridized carbons (Fsp3) is 0.490. The molecule has 360 valence electrons. The molecule has 2 aromatic heterocycles. The second-order valence-corrected chi connectivity index (χ2v) is 20.1. The average Bonchev–Trinajstić information content (AvgIpc) is 4.18. The number of carbonyl (C=O) groups excluding carboxylic acids is 3. The van der Waals surface area contributed by atoms with E-state index in [2.05, 4.69) is 139 Å². The van der Waals surface area contributed by atoms with Crippen LogP contribution < -0.4 is 15.5 Å². The standard InChI is InChI=1S/C51H65N11O6/c1-29(2)41(52-49(65)66)47(63)60-27-9-11-39(60)45-54-43(56-58-45)33-17-13-31(14-18-33)37-25-26-38(62(37)36-23-21-35(22-24-36)51(5,6)7)32-15-19-34(20-16-32)44-55-46(59-57-44)40-12-10-28-61(40)48(64)42(30(3)4)53-50(67)68-8/h13-24,29-30,37-42,52H,9-12,25-28H2,1-8H3,(H,53,67)(H,65,66)(H,54,56,58)(H,55,57,59)/t37-,38+,39+,40+,41+,42+/m1/s1. The number of nitrogens with one attached hydrogen (secondary N) is 4. The van der Waals surface area contributed by atoms with Crippen LogP contribution in [-0.2, 0) is 19.7 Å². The molecule has 5 aromatic rings. The van der Waals surface area contributed by atoms with Gasteiger partial charge in [-0.2, -0.15) is 0 Å². The zero-order valence-electron chi connectivity index (χ0n) is 40.3. The summed E-state index contributed by atoms with van der Waals surface area (Å²) in [6.45, 7) is 15.2. The Morgan fingerprint density at radius 1 is 0.632 bits per heavy atom. The smallest absolute Gasteiger partial charge is 0.407 e. The molecule has 3 aromatic carbocycles. The number of aromatic nitrogens is 6. The number of anilines is 1. The molecule has 8 rings (SSSR count). The molecular weight excluding hydrogens is 863 g/mol. The van der Waals surface area contributed by atoms with Crippen molar-refractivity contribution in [3.63, 3.8) is 0 Å². The summed E-state index contributed by atoms with van der Waals surface area (Å²) in [6.07, 6.45) is 3.06.